The molecule has 1 N–H and O–H groups in total. The van der Waals surface area contributed by atoms with Crippen LogP contribution in [0.25, 0.3) is 0 Å². The lowest BCUT2D eigenvalue weighted by Crippen LogP contribution is -2.30. The molecule has 17 heavy (non-hydrogen) atoms. The average Bonchev–Trinajstić information content (AvgIpc) is 3.02. The molecule has 2 fully saturated rings. The zero-order valence-corrected chi connectivity index (χ0v) is 10.5. The largest absolute Gasteiger partial charge is 0.340 e. The highest BCUT2D eigenvalue weighted by Crippen LogP contribution is 2.27. The third-order valence-corrected chi connectivity index (χ3v) is 4.12. The van der Waals surface area contributed by atoms with E-state index in [0.29, 0.717) is 0 Å². The minimum atomic E-state index is 0.845. The number of piperidine rings is 1. The molecule has 1 aromatic heterocycles. The Balaban J connectivity index is 1.60. The predicted octanol–water partition coefficient (Wildman–Crippen LogP) is 2.53. The number of aromatic nitrogens is 3. The van der Waals surface area contributed by atoms with Crippen LogP contribution in [0.4, 0.5) is 5.95 Å². The lowest BCUT2D eigenvalue weighted by atomic mass is 10.0. The molecule has 1 saturated heterocycles. The molecule has 3 rings (SSSR count). The molecule has 1 aliphatic carbocycles. The first-order valence-electron chi connectivity index (χ1n) is 7.08. The van der Waals surface area contributed by atoms with E-state index in [0.717, 1.165) is 37.2 Å². The molecule has 2 aliphatic rings. The van der Waals surface area contributed by atoms with Crippen molar-refractivity contribution in [2.24, 2.45) is 5.92 Å². The Labute approximate surface area is 103 Å². The second-order valence-electron chi connectivity index (χ2n) is 5.48. The van der Waals surface area contributed by atoms with Gasteiger partial charge in [0.05, 0.1) is 0 Å². The van der Waals surface area contributed by atoms with E-state index >= 15 is 0 Å². The van der Waals surface area contributed by atoms with Crippen molar-refractivity contribution in [3.05, 3.63) is 5.82 Å². The average molecular weight is 234 g/mol. The molecule has 0 unspecified atom stereocenters. The van der Waals surface area contributed by atoms with Gasteiger partial charge in [-0.05, 0) is 25.2 Å². The monoisotopic (exact) mass is 234 g/mol. The number of hydrogen-bond acceptors (Lipinski definition) is 3. The first-order valence-corrected chi connectivity index (χ1v) is 7.08. The molecule has 1 aromatic rings. The van der Waals surface area contributed by atoms with Crippen LogP contribution in [0.1, 0.15) is 50.8 Å². The predicted molar refractivity (Wildman–Crippen MR) is 68.1 cm³/mol. The summed E-state index contributed by atoms with van der Waals surface area (Å²) in [5, 5.41) is 7.50. The third-order valence-electron chi connectivity index (χ3n) is 4.12. The summed E-state index contributed by atoms with van der Waals surface area (Å²) in [5.41, 5.74) is 0. The van der Waals surface area contributed by atoms with Crippen molar-refractivity contribution >= 4 is 5.95 Å². The zero-order chi connectivity index (χ0) is 11.5. The van der Waals surface area contributed by atoms with Gasteiger partial charge in [0.2, 0.25) is 5.95 Å². The summed E-state index contributed by atoms with van der Waals surface area (Å²) in [7, 11) is 0. The summed E-state index contributed by atoms with van der Waals surface area (Å²) in [6.07, 6.45) is 10.6. The van der Waals surface area contributed by atoms with Crippen LogP contribution >= 0.6 is 0 Å². The van der Waals surface area contributed by atoms with Crippen LogP contribution in [0.15, 0.2) is 0 Å². The van der Waals surface area contributed by atoms with Crippen LogP contribution in [-0.4, -0.2) is 28.3 Å². The van der Waals surface area contributed by atoms with Crippen molar-refractivity contribution in [3.8, 4) is 0 Å². The Bertz CT molecular complexity index is 348. The molecule has 0 radical (unpaired) electrons. The summed E-state index contributed by atoms with van der Waals surface area (Å²) in [6.45, 7) is 2.25. The van der Waals surface area contributed by atoms with E-state index in [2.05, 4.69) is 20.1 Å². The van der Waals surface area contributed by atoms with E-state index < -0.39 is 0 Å². The summed E-state index contributed by atoms with van der Waals surface area (Å²) in [4.78, 5) is 6.97. The van der Waals surface area contributed by atoms with Crippen molar-refractivity contribution in [1.82, 2.24) is 15.2 Å². The summed E-state index contributed by atoms with van der Waals surface area (Å²) < 4.78 is 0. The van der Waals surface area contributed by atoms with Crippen LogP contribution in [0.5, 0.6) is 0 Å². The molecule has 0 atom stereocenters. The van der Waals surface area contributed by atoms with Crippen LogP contribution in [-0.2, 0) is 6.42 Å². The maximum atomic E-state index is 4.66. The highest BCUT2D eigenvalue weighted by atomic mass is 15.4. The van der Waals surface area contributed by atoms with Gasteiger partial charge in [-0.1, -0.05) is 25.7 Å². The summed E-state index contributed by atoms with van der Waals surface area (Å²) >= 11 is 0. The Hall–Kier alpha value is -1.06. The Morgan fingerprint density at radius 1 is 1.06 bits per heavy atom. The molecule has 0 aromatic carbocycles. The van der Waals surface area contributed by atoms with Gasteiger partial charge in [0.1, 0.15) is 5.82 Å². The number of hydrogen-bond donors (Lipinski definition) is 1. The van der Waals surface area contributed by atoms with E-state index in [9.17, 15) is 0 Å². The molecular formula is C13H22N4. The maximum absolute atomic E-state index is 4.66. The van der Waals surface area contributed by atoms with E-state index in [1.807, 2.05) is 0 Å². The van der Waals surface area contributed by atoms with Crippen molar-refractivity contribution in [2.45, 2.75) is 51.4 Å². The normalized spacial score (nSPS) is 22.2. The van der Waals surface area contributed by atoms with E-state index in [4.69, 9.17) is 0 Å². The molecule has 4 nitrogen and oxygen atoms in total. The van der Waals surface area contributed by atoms with Gasteiger partial charge in [0, 0.05) is 19.5 Å². The summed E-state index contributed by atoms with van der Waals surface area (Å²) in [5.74, 6) is 2.87. The first kappa shape index (κ1) is 11.1. The fourth-order valence-corrected chi connectivity index (χ4v) is 3.10. The van der Waals surface area contributed by atoms with Crippen LogP contribution < -0.4 is 4.90 Å². The van der Waals surface area contributed by atoms with Crippen molar-refractivity contribution in [1.29, 1.82) is 0 Å². The Morgan fingerprint density at radius 3 is 2.59 bits per heavy atom. The van der Waals surface area contributed by atoms with Crippen LogP contribution in [0.3, 0.4) is 0 Å². The van der Waals surface area contributed by atoms with Gasteiger partial charge in [-0.15, -0.1) is 5.10 Å². The highest BCUT2D eigenvalue weighted by molar-refractivity contribution is 5.29. The highest BCUT2D eigenvalue weighted by Gasteiger charge is 2.19. The van der Waals surface area contributed by atoms with Gasteiger partial charge < -0.3 is 4.90 Å². The first-order chi connectivity index (χ1) is 8.42. The smallest absolute Gasteiger partial charge is 0.244 e. The fraction of sp³-hybridized carbons (Fsp3) is 0.846. The van der Waals surface area contributed by atoms with Crippen LogP contribution in [0, 0.1) is 5.92 Å². The standard InChI is InChI=1S/C13H22N4/c1-4-8-17(9-5-1)13-14-12(15-16-13)10-11-6-2-3-7-11/h11H,1-10H2,(H,14,15,16). The second-order valence-corrected chi connectivity index (χ2v) is 5.48. The number of aromatic amines is 1. The molecule has 2 heterocycles. The van der Waals surface area contributed by atoms with Gasteiger partial charge in [0.25, 0.3) is 0 Å². The Morgan fingerprint density at radius 2 is 1.82 bits per heavy atom. The van der Waals surface area contributed by atoms with Gasteiger partial charge >= 0.3 is 0 Å². The number of nitrogens with one attached hydrogen (secondary N) is 1. The second kappa shape index (κ2) is 5.07. The third kappa shape index (κ3) is 2.61. The molecule has 0 bridgehead atoms. The molecule has 4 heteroatoms. The van der Waals surface area contributed by atoms with Gasteiger partial charge in [-0.3, -0.25) is 5.10 Å². The number of nitrogens with zero attached hydrogens (tertiary/aromatic N) is 3. The number of H-pyrrole nitrogens is 1. The molecule has 94 valence electrons. The minimum absolute atomic E-state index is 0.845. The van der Waals surface area contributed by atoms with E-state index in [1.165, 1.54) is 44.9 Å². The molecular weight excluding hydrogens is 212 g/mol. The molecule has 0 amide bonds. The van der Waals surface area contributed by atoms with Crippen molar-refractivity contribution in [2.75, 3.05) is 18.0 Å². The number of anilines is 1. The molecule has 1 aliphatic heterocycles. The van der Waals surface area contributed by atoms with Crippen molar-refractivity contribution in [3.63, 3.8) is 0 Å². The minimum Gasteiger partial charge on any atom is -0.340 e. The van der Waals surface area contributed by atoms with E-state index in [1.54, 1.807) is 0 Å². The van der Waals surface area contributed by atoms with Gasteiger partial charge in [-0.2, -0.15) is 4.98 Å². The molecule has 1 saturated carbocycles. The SMILES string of the molecule is C1CCN(c2n[nH]c(CC3CCCC3)n2)CC1. The zero-order valence-electron chi connectivity index (χ0n) is 10.5. The van der Waals surface area contributed by atoms with Crippen molar-refractivity contribution < 1.29 is 0 Å². The van der Waals surface area contributed by atoms with Gasteiger partial charge in [0.15, 0.2) is 0 Å². The Kier molecular flexibility index (Phi) is 3.29. The maximum Gasteiger partial charge on any atom is 0.244 e. The van der Waals surface area contributed by atoms with E-state index in [-0.39, 0.29) is 0 Å². The lowest BCUT2D eigenvalue weighted by molar-refractivity contribution is 0.531. The topological polar surface area (TPSA) is 44.8 Å². The fourth-order valence-electron chi connectivity index (χ4n) is 3.10. The summed E-state index contributed by atoms with van der Waals surface area (Å²) in [6, 6.07) is 0. The lowest BCUT2D eigenvalue weighted by Gasteiger charge is -2.24. The number of rotatable bonds is 3. The van der Waals surface area contributed by atoms with Crippen LogP contribution in [0.2, 0.25) is 0 Å². The quantitative estimate of drug-likeness (QED) is 0.874. The molecule has 0 spiro atoms. The van der Waals surface area contributed by atoms with Gasteiger partial charge in [-0.25, -0.2) is 0 Å².